The zero-order chi connectivity index (χ0) is 22.8. The van der Waals surface area contributed by atoms with Crippen LogP contribution in [-0.2, 0) is 11.3 Å². The van der Waals surface area contributed by atoms with E-state index in [1.807, 2.05) is 18.2 Å². The fraction of sp³-hybridized carbons (Fsp3) is 0.481. The van der Waals surface area contributed by atoms with E-state index in [0.717, 1.165) is 55.6 Å². The molecule has 33 heavy (non-hydrogen) atoms. The molecule has 1 unspecified atom stereocenters. The Balaban J connectivity index is 1.10. The lowest BCUT2D eigenvalue weighted by Gasteiger charge is -2.33. The number of benzene rings is 2. The number of hydrogen-bond acceptors (Lipinski definition) is 3. The van der Waals surface area contributed by atoms with Crippen LogP contribution in [0.3, 0.4) is 0 Å². The number of rotatable bonds is 6. The second-order valence-electron chi connectivity index (χ2n) is 10.0. The van der Waals surface area contributed by atoms with E-state index < -0.39 is 0 Å². The molecule has 1 heterocycles. The molecule has 0 aromatic heterocycles. The van der Waals surface area contributed by atoms with Gasteiger partial charge in [-0.1, -0.05) is 30.2 Å². The average molecular weight is 466 g/mol. The van der Waals surface area contributed by atoms with Crippen LogP contribution in [0, 0.1) is 17.8 Å². The molecule has 1 aliphatic heterocycles. The molecule has 0 radical (unpaired) electrons. The number of likely N-dealkylation sites (tertiary alicyclic amines) is 1. The molecule has 3 aliphatic rings. The van der Waals surface area contributed by atoms with Gasteiger partial charge in [-0.25, -0.2) is 0 Å². The van der Waals surface area contributed by atoms with Crippen molar-refractivity contribution in [1.29, 1.82) is 0 Å². The SMILES string of the molecule is O=C(Nc1cccc(CN2CCC(C(=O)N[C@H]3C[C@@H]4CCC3C4)CC2)c1)c1ccc(Cl)cc1. The van der Waals surface area contributed by atoms with Crippen LogP contribution in [0.5, 0.6) is 0 Å². The van der Waals surface area contributed by atoms with Gasteiger partial charge in [-0.05, 0) is 99.0 Å². The van der Waals surface area contributed by atoms with Gasteiger partial charge < -0.3 is 10.6 Å². The number of fused-ring (bicyclic) bond motifs is 2. The number of carbonyl (C=O) groups excluding carboxylic acids is 2. The molecule has 2 aromatic carbocycles. The Kier molecular flexibility index (Phi) is 6.70. The van der Waals surface area contributed by atoms with Crippen molar-refractivity contribution in [3.63, 3.8) is 0 Å². The number of anilines is 1. The van der Waals surface area contributed by atoms with Crippen molar-refractivity contribution in [2.24, 2.45) is 17.8 Å². The molecule has 2 saturated carbocycles. The molecule has 1 saturated heterocycles. The van der Waals surface area contributed by atoms with E-state index in [2.05, 4.69) is 21.6 Å². The molecular formula is C27H32ClN3O2. The van der Waals surface area contributed by atoms with E-state index in [9.17, 15) is 9.59 Å². The van der Waals surface area contributed by atoms with Crippen molar-refractivity contribution in [2.45, 2.75) is 51.1 Å². The predicted octanol–water partition coefficient (Wildman–Crippen LogP) is 5.11. The molecule has 174 valence electrons. The first kappa shape index (κ1) is 22.4. The van der Waals surface area contributed by atoms with Gasteiger partial charge in [0.25, 0.3) is 5.91 Å². The summed E-state index contributed by atoms with van der Waals surface area (Å²) in [4.78, 5) is 27.7. The Morgan fingerprint density at radius 1 is 0.970 bits per heavy atom. The molecule has 0 spiro atoms. The normalized spacial score (nSPS) is 25.2. The molecule has 3 fully saturated rings. The van der Waals surface area contributed by atoms with E-state index in [4.69, 9.17) is 11.6 Å². The third kappa shape index (κ3) is 5.42. The average Bonchev–Trinajstić information content (AvgIpc) is 3.43. The number of piperidine rings is 1. The summed E-state index contributed by atoms with van der Waals surface area (Å²) in [6.07, 6.45) is 7.01. The van der Waals surface area contributed by atoms with Gasteiger partial charge in [-0.3, -0.25) is 14.5 Å². The van der Waals surface area contributed by atoms with Crippen molar-refractivity contribution >= 4 is 29.1 Å². The Bertz CT molecular complexity index is 1000. The summed E-state index contributed by atoms with van der Waals surface area (Å²) < 4.78 is 0. The van der Waals surface area contributed by atoms with Gasteiger partial charge in [0.05, 0.1) is 0 Å². The molecule has 2 aliphatic carbocycles. The maximum absolute atomic E-state index is 12.8. The Hall–Kier alpha value is -2.37. The second-order valence-corrected chi connectivity index (χ2v) is 10.4. The van der Waals surface area contributed by atoms with Gasteiger partial charge in [-0.2, -0.15) is 0 Å². The quantitative estimate of drug-likeness (QED) is 0.623. The smallest absolute Gasteiger partial charge is 0.255 e. The van der Waals surface area contributed by atoms with Gasteiger partial charge in [-0.15, -0.1) is 0 Å². The van der Waals surface area contributed by atoms with Crippen LogP contribution in [0.2, 0.25) is 5.02 Å². The lowest BCUT2D eigenvalue weighted by molar-refractivity contribution is -0.127. The predicted molar refractivity (Wildman–Crippen MR) is 131 cm³/mol. The largest absolute Gasteiger partial charge is 0.353 e. The Morgan fingerprint density at radius 3 is 2.45 bits per heavy atom. The van der Waals surface area contributed by atoms with Crippen LogP contribution in [-0.4, -0.2) is 35.8 Å². The van der Waals surface area contributed by atoms with Gasteiger partial charge in [0.1, 0.15) is 0 Å². The van der Waals surface area contributed by atoms with Crippen LogP contribution in [0.15, 0.2) is 48.5 Å². The molecule has 5 nitrogen and oxygen atoms in total. The van der Waals surface area contributed by atoms with Crippen LogP contribution in [0.25, 0.3) is 0 Å². The van der Waals surface area contributed by atoms with E-state index >= 15 is 0 Å². The van der Waals surface area contributed by atoms with Gasteiger partial charge in [0.15, 0.2) is 0 Å². The van der Waals surface area contributed by atoms with Crippen molar-refractivity contribution in [1.82, 2.24) is 10.2 Å². The zero-order valence-corrected chi connectivity index (χ0v) is 19.7. The maximum atomic E-state index is 12.8. The van der Waals surface area contributed by atoms with E-state index in [0.29, 0.717) is 16.6 Å². The summed E-state index contributed by atoms with van der Waals surface area (Å²) in [6, 6.07) is 15.3. The summed E-state index contributed by atoms with van der Waals surface area (Å²) in [5, 5.41) is 6.96. The van der Waals surface area contributed by atoms with E-state index in [-0.39, 0.29) is 17.7 Å². The number of nitrogens with one attached hydrogen (secondary N) is 2. The Labute approximate surface area is 200 Å². The monoisotopic (exact) mass is 465 g/mol. The lowest BCUT2D eigenvalue weighted by atomic mass is 9.92. The lowest BCUT2D eigenvalue weighted by Crippen LogP contribution is -2.45. The third-order valence-electron chi connectivity index (χ3n) is 7.72. The minimum absolute atomic E-state index is 0.144. The van der Waals surface area contributed by atoms with Crippen molar-refractivity contribution in [2.75, 3.05) is 18.4 Å². The molecule has 2 bridgehead atoms. The Morgan fingerprint density at radius 2 is 1.76 bits per heavy atom. The highest BCUT2D eigenvalue weighted by Crippen LogP contribution is 2.44. The van der Waals surface area contributed by atoms with Crippen molar-refractivity contribution in [3.05, 3.63) is 64.7 Å². The van der Waals surface area contributed by atoms with Crippen LogP contribution in [0.1, 0.15) is 54.4 Å². The van der Waals surface area contributed by atoms with Crippen LogP contribution < -0.4 is 10.6 Å². The van der Waals surface area contributed by atoms with Crippen molar-refractivity contribution < 1.29 is 9.59 Å². The van der Waals surface area contributed by atoms with Gasteiger partial charge >= 0.3 is 0 Å². The maximum Gasteiger partial charge on any atom is 0.255 e. The summed E-state index contributed by atoms with van der Waals surface area (Å²) in [5.74, 6) is 1.86. The first-order valence-electron chi connectivity index (χ1n) is 12.2. The third-order valence-corrected chi connectivity index (χ3v) is 7.97. The standard InChI is InChI=1S/C27H32ClN3O2/c28-23-8-6-20(7-9-23)26(32)29-24-3-1-2-19(15-24)17-31-12-10-21(11-13-31)27(33)30-25-16-18-4-5-22(25)14-18/h1-3,6-9,15,18,21-22,25H,4-5,10-14,16-17H2,(H,29,32)(H,30,33)/t18-,22?,25+/m1/s1. The molecule has 2 N–H and O–H groups in total. The molecule has 6 heteroatoms. The number of halogens is 1. The molecule has 2 aromatic rings. The summed E-state index contributed by atoms with van der Waals surface area (Å²) in [6.45, 7) is 2.68. The number of hydrogen-bond donors (Lipinski definition) is 2. The highest BCUT2D eigenvalue weighted by molar-refractivity contribution is 6.30. The molecular weight excluding hydrogens is 434 g/mol. The van der Waals surface area contributed by atoms with Crippen LogP contribution >= 0.6 is 11.6 Å². The first-order valence-corrected chi connectivity index (χ1v) is 12.6. The fourth-order valence-corrected chi connectivity index (χ4v) is 6.01. The van der Waals surface area contributed by atoms with Crippen LogP contribution in [0.4, 0.5) is 5.69 Å². The summed E-state index contributed by atoms with van der Waals surface area (Å²) in [5.41, 5.74) is 2.52. The van der Waals surface area contributed by atoms with Gasteiger partial charge in [0.2, 0.25) is 5.91 Å². The highest BCUT2D eigenvalue weighted by Gasteiger charge is 2.40. The first-order chi connectivity index (χ1) is 16.0. The number of amides is 2. The summed E-state index contributed by atoms with van der Waals surface area (Å²) in [7, 11) is 0. The minimum atomic E-state index is -0.147. The fourth-order valence-electron chi connectivity index (χ4n) is 5.89. The topological polar surface area (TPSA) is 61.4 Å². The molecule has 3 atom stereocenters. The van der Waals surface area contributed by atoms with Crippen molar-refractivity contribution in [3.8, 4) is 0 Å². The number of nitrogens with zero attached hydrogens (tertiary/aromatic N) is 1. The zero-order valence-electron chi connectivity index (χ0n) is 18.9. The number of carbonyl (C=O) groups is 2. The van der Waals surface area contributed by atoms with E-state index in [1.165, 1.54) is 25.7 Å². The summed E-state index contributed by atoms with van der Waals surface area (Å²) >= 11 is 5.91. The minimum Gasteiger partial charge on any atom is -0.353 e. The molecule has 5 rings (SSSR count). The van der Waals surface area contributed by atoms with E-state index in [1.54, 1.807) is 24.3 Å². The second kappa shape index (κ2) is 9.86. The highest BCUT2D eigenvalue weighted by atomic mass is 35.5. The van der Waals surface area contributed by atoms with Gasteiger partial charge in [0, 0.05) is 34.8 Å². The molecule has 2 amide bonds.